The molecule has 1 saturated heterocycles. The summed E-state index contributed by atoms with van der Waals surface area (Å²) in [7, 11) is 2.18. The van der Waals surface area contributed by atoms with Crippen LogP contribution in [0.4, 0.5) is 10.2 Å². The third-order valence-corrected chi connectivity index (χ3v) is 4.41. The maximum Gasteiger partial charge on any atom is 0.149 e. The Morgan fingerprint density at radius 2 is 1.96 bits per heavy atom. The SMILES string of the molecule is CN1CCN(CCCCNc2ncnc3c(F)cccc23)CC1. The van der Waals surface area contributed by atoms with Gasteiger partial charge in [0.1, 0.15) is 23.5 Å². The van der Waals surface area contributed by atoms with Gasteiger partial charge in [0.15, 0.2) is 0 Å². The van der Waals surface area contributed by atoms with E-state index in [9.17, 15) is 4.39 Å². The van der Waals surface area contributed by atoms with E-state index in [0.29, 0.717) is 11.3 Å². The Morgan fingerprint density at radius 3 is 2.78 bits per heavy atom. The number of piperazine rings is 1. The summed E-state index contributed by atoms with van der Waals surface area (Å²) in [5.74, 6) is 0.414. The Labute approximate surface area is 136 Å². The molecular weight excluding hydrogens is 293 g/mol. The summed E-state index contributed by atoms with van der Waals surface area (Å²) < 4.78 is 13.7. The van der Waals surface area contributed by atoms with Gasteiger partial charge < -0.3 is 15.1 Å². The molecule has 0 atom stereocenters. The second kappa shape index (κ2) is 7.66. The average molecular weight is 317 g/mol. The number of rotatable bonds is 6. The van der Waals surface area contributed by atoms with Crippen molar-refractivity contribution in [3.8, 4) is 0 Å². The summed E-state index contributed by atoms with van der Waals surface area (Å²) >= 11 is 0. The maximum absolute atomic E-state index is 13.7. The van der Waals surface area contributed by atoms with Crippen molar-refractivity contribution in [2.75, 3.05) is 51.6 Å². The average Bonchev–Trinajstić information content (AvgIpc) is 2.57. The van der Waals surface area contributed by atoms with E-state index in [-0.39, 0.29) is 5.82 Å². The Balaban J connectivity index is 1.45. The number of hydrogen-bond acceptors (Lipinski definition) is 5. The number of aromatic nitrogens is 2. The van der Waals surface area contributed by atoms with E-state index >= 15 is 0 Å². The van der Waals surface area contributed by atoms with Crippen LogP contribution in [0.5, 0.6) is 0 Å². The summed E-state index contributed by atoms with van der Waals surface area (Å²) in [4.78, 5) is 13.2. The molecule has 0 radical (unpaired) electrons. The Kier molecular flexibility index (Phi) is 5.35. The Morgan fingerprint density at radius 1 is 1.13 bits per heavy atom. The van der Waals surface area contributed by atoms with Crippen LogP contribution in [0.25, 0.3) is 10.9 Å². The van der Waals surface area contributed by atoms with Crippen molar-refractivity contribution in [2.45, 2.75) is 12.8 Å². The van der Waals surface area contributed by atoms with Crippen molar-refractivity contribution >= 4 is 16.7 Å². The number of benzene rings is 1. The van der Waals surface area contributed by atoms with Crippen molar-refractivity contribution in [1.29, 1.82) is 0 Å². The lowest BCUT2D eigenvalue weighted by molar-refractivity contribution is 0.152. The van der Waals surface area contributed by atoms with Crippen molar-refractivity contribution in [2.24, 2.45) is 0 Å². The highest BCUT2D eigenvalue weighted by Crippen LogP contribution is 2.21. The molecule has 1 aliphatic rings. The highest BCUT2D eigenvalue weighted by molar-refractivity contribution is 5.89. The lowest BCUT2D eigenvalue weighted by Crippen LogP contribution is -2.44. The van der Waals surface area contributed by atoms with Gasteiger partial charge in [-0.1, -0.05) is 6.07 Å². The molecule has 1 aromatic carbocycles. The van der Waals surface area contributed by atoms with Gasteiger partial charge in [0.05, 0.1) is 0 Å². The Bertz CT molecular complexity index is 640. The standard InChI is InChI=1S/C17H24FN5/c1-22-9-11-23(12-10-22)8-3-2-7-19-17-14-5-4-6-15(18)16(14)20-13-21-17/h4-6,13H,2-3,7-12H2,1H3,(H,19,20,21). The number of fused-ring (bicyclic) bond motifs is 1. The highest BCUT2D eigenvalue weighted by Gasteiger charge is 2.12. The first-order valence-electron chi connectivity index (χ1n) is 8.28. The monoisotopic (exact) mass is 317 g/mol. The van der Waals surface area contributed by atoms with Crippen LogP contribution in [-0.2, 0) is 0 Å². The number of unbranched alkanes of at least 4 members (excludes halogenated alkanes) is 1. The smallest absolute Gasteiger partial charge is 0.149 e. The molecule has 2 heterocycles. The summed E-state index contributed by atoms with van der Waals surface area (Å²) in [6.07, 6.45) is 3.65. The molecule has 23 heavy (non-hydrogen) atoms. The van der Waals surface area contributed by atoms with E-state index in [0.717, 1.165) is 44.4 Å². The molecule has 0 amide bonds. The van der Waals surface area contributed by atoms with Gasteiger partial charge in [-0.15, -0.1) is 0 Å². The molecule has 2 aromatic rings. The van der Waals surface area contributed by atoms with Gasteiger partial charge in [0.2, 0.25) is 0 Å². The van der Waals surface area contributed by atoms with Gasteiger partial charge >= 0.3 is 0 Å². The molecule has 0 spiro atoms. The van der Waals surface area contributed by atoms with Crippen LogP contribution in [0.15, 0.2) is 24.5 Å². The van der Waals surface area contributed by atoms with E-state index < -0.39 is 0 Å². The van der Waals surface area contributed by atoms with Crippen LogP contribution in [0.1, 0.15) is 12.8 Å². The van der Waals surface area contributed by atoms with Crippen LogP contribution >= 0.6 is 0 Å². The predicted molar refractivity (Wildman–Crippen MR) is 91.2 cm³/mol. The minimum absolute atomic E-state index is 0.303. The van der Waals surface area contributed by atoms with Crippen molar-refractivity contribution < 1.29 is 4.39 Å². The van der Waals surface area contributed by atoms with Crippen LogP contribution in [0.3, 0.4) is 0 Å². The van der Waals surface area contributed by atoms with E-state index in [1.54, 1.807) is 6.07 Å². The summed E-state index contributed by atoms with van der Waals surface area (Å²) in [6.45, 7) is 6.65. The first-order valence-corrected chi connectivity index (χ1v) is 8.28. The summed E-state index contributed by atoms with van der Waals surface area (Å²) in [6, 6.07) is 4.97. The first kappa shape index (κ1) is 16.1. The van der Waals surface area contributed by atoms with E-state index in [1.165, 1.54) is 25.5 Å². The van der Waals surface area contributed by atoms with Gasteiger partial charge in [0.25, 0.3) is 0 Å². The second-order valence-electron chi connectivity index (χ2n) is 6.14. The number of hydrogen-bond donors (Lipinski definition) is 1. The van der Waals surface area contributed by atoms with Crippen molar-refractivity contribution in [3.05, 3.63) is 30.3 Å². The molecule has 5 nitrogen and oxygen atoms in total. The molecule has 0 saturated carbocycles. The van der Waals surface area contributed by atoms with Gasteiger partial charge in [-0.25, -0.2) is 14.4 Å². The van der Waals surface area contributed by atoms with Gasteiger partial charge in [0, 0.05) is 38.1 Å². The molecule has 1 N–H and O–H groups in total. The molecule has 0 bridgehead atoms. The normalized spacial score (nSPS) is 16.8. The zero-order chi connectivity index (χ0) is 16.1. The van der Waals surface area contributed by atoms with E-state index in [2.05, 4.69) is 32.1 Å². The molecule has 1 aromatic heterocycles. The van der Waals surface area contributed by atoms with Crippen LogP contribution in [0.2, 0.25) is 0 Å². The molecule has 3 rings (SSSR count). The number of anilines is 1. The molecule has 0 aliphatic carbocycles. The number of halogens is 1. The Hall–Kier alpha value is -1.79. The fourth-order valence-corrected chi connectivity index (χ4v) is 2.93. The quantitative estimate of drug-likeness (QED) is 0.828. The highest BCUT2D eigenvalue weighted by atomic mass is 19.1. The zero-order valence-electron chi connectivity index (χ0n) is 13.6. The third-order valence-electron chi connectivity index (χ3n) is 4.41. The molecule has 124 valence electrons. The van der Waals surface area contributed by atoms with E-state index in [4.69, 9.17) is 0 Å². The number of nitrogens with zero attached hydrogens (tertiary/aromatic N) is 4. The molecule has 1 aliphatic heterocycles. The lowest BCUT2D eigenvalue weighted by atomic mass is 10.2. The zero-order valence-corrected chi connectivity index (χ0v) is 13.6. The van der Waals surface area contributed by atoms with Crippen LogP contribution < -0.4 is 5.32 Å². The van der Waals surface area contributed by atoms with Crippen molar-refractivity contribution in [1.82, 2.24) is 19.8 Å². The molecule has 1 fully saturated rings. The minimum atomic E-state index is -0.303. The topological polar surface area (TPSA) is 44.3 Å². The number of likely N-dealkylation sites (N-methyl/N-ethyl adjacent to an activating group) is 1. The molecule has 6 heteroatoms. The molecular formula is C17H24FN5. The van der Waals surface area contributed by atoms with Crippen LogP contribution in [-0.4, -0.2) is 66.1 Å². The third kappa shape index (κ3) is 4.14. The lowest BCUT2D eigenvalue weighted by Gasteiger charge is -2.32. The molecule has 0 unspecified atom stereocenters. The van der Waals surface area contributed by atoms with Crippen LogP contribution in [0, 0.1) is 5.82 Å². The fourth-order valence-electron chi connectivity index (χ4n) is 2.93. The first-order chi connectivity index (χ1) is 11.2. The number of nitrogens with one attached hydrogen (secondary N) is 1. The minimum Gasteiger partial charge on any atom is -0.369 e. The largest absolute Gasteiger partial charge is 0.369 e. The van der Waals surface area contributed by atoms with E-state index in [1.807, 2.05) is 6.07 Å². The van der Waals surface area contributed by atoms with Gasteiger partial charge in [-0.2, -0.15) is 0 Å². The van der Waals surface area contributed by atoms with Gasteiger partial charge in [-0.3, -0.25) is 0 Å². The fraction of sp³-hybridized carbons (Fsp3) is 0.529. The van der Waals surface area contributed by atoms with Gasteiger partial charge in [-0.05, 0) is 38.6 Å². The predicted octanol–water partition coefficient (Wildman–Crippen LogP) is 2.21. The van der Waals surface area contributed by atoms with Crippen molar-refractivity contribution in [3.63, 3.8) is 0 Å². The number of para-hydroxylation sites is 1. The maximum atomic E-state index is 13.7. The second-order valence-corrected chi connectivity index (χ2v) is 6.14. The summed E-state index contributed by atoms with van der Waals surface area (Å²) in [5.41, 5.74) is 0.377. The summed E-state index contributed by atoms with van der Waals surface area (Å²) in [5, 5.41) is 4.06.